The SMILES string of the molecule is O=C(N[C@@H]1CN(C(=O)OCc2ccccc2)C[C@H]1OC(=O)c1ccc(-c2c(CO)cccc2OCc2ccccc2)cc1)c1ccc(OCc2ccccc2)cc1. The highest BCUT2D eigenvalue weighted by Gasteiger charge is 2.40. The van der Waals surface area contributed by atoms with Gasteiger partial charge in [-0.3, -0.25) is 4.79 Å². The molecule has 10 heteroatoms. The van der Waals surface area contributed by atoms with Crippen molar-refractivity contribution in [1.29, 1.82) is 0 Å². The molecule has 288 valence electrons. The number of ether oxygens (including phenoxy) is 4. The van der Waals surface area contributed by atoms with Crippen LogP contribution in [-0.4, -0.2) is 53.2 Å². The summed E-state index contributed by atoms with van der Waals surface area (Å²) >= 11 is 0. The van der Waals surface area contributed by atoms with Gasteiger partial charge in [0, 0.05) is 17.7 Å². The first-order valence-electron chi connectivity index (χ1n) is 18.7. The van der Waals surface area contributed by atoms with Crippen LogP contribution in [0.2, 0.25) is 0 Å². The highest BCUT2D eigenvalue weighted by molar-refractivity contribution is 5.95. The molecule has 1 heterocycles. The Morgan fingerprint density at radius 1 is 0.614 bits per heavy atom. The largest absolute Gasteiger partial charge is 0.489 e. The summed E-state index contributed by atoms with van der Waals surface area (Å²) in [5.41, 5.74) is 5.64. The Labute approximate surface area is 331 Å². The van der Waals surface area contributed by atoms with E-state index in [1.54, 1.807) is 48.5 Å². The highest BCUT2D eigenvalue weighted by Crippen LogP contribution is 2.35. The van der Waals surface area contributed by atoms with Gasteiger partial charge < -0.3 is 34.3 Å². The molecule has 6 aromatic carbocycles. The second-order valence-electron chi connectivity index (χ2n) is 13.6. The summed E-state index contributed by atoms with van der Waals surface area (Å²) in [5, 5.41) is 13.1. The van der Waals surface area contributed by atoms with Crippen LogP contribution in [0.4, 0.5) is 4.79 Å². The van der Waals surface area contributed by atoms with Crippen molar-refractivity contribution in [3.8, 4) is 22.6 Å². The summed E-state index contributed by atoms with van der Waals surface area (Å²) in [6, 6.07) is 47.2. The minimum atomic E-state index is -0.869. The molecule has 10 nitrogen and oxygen atoms in total. The lowest BCUT2D eigenvalue weighted by Gasteiger charge is -2.20. The van der Waals surface area contributed by atoms with Gasteiger partial charge in [-0.15, -0.1) is 0 Å². The molecular formula is C47H42N2O8. The smallest absolute Gasteiger partial charge is 0.410 e. The highest BCUT2D eigenvalue weighted by atomic mass is 16.6. The van der Waals surface area contributed by atoms with Crippen molar-refractivity contribution in [2.24, 2.45) is 0 Å². The standard InChI is InChI=1S/C47H42N2O8/c50-29-39-17-10-18-42(55-31-34-13-6-2-7-14-34)44(39)36-19-21-38(22-20-36)46(52)57-43-28-49(47(53)56-32-35-15-8-3-9-16-35)27-41(43)48-45(51)37-23-25-40(26-24-37)54-30-33-11-4-1-5-12-33/h1-26,41,43,50H,27-32H2,(H,48,51)/t41-,43-/m1/s1. The van der Waals surface area contributed by atoms with Gasteiger partial charge in [0.05, 0.1) is 24.8 Å². The fourth-order valence-electron chi connectivity index (χ4n) is 6.56. The minimum absolute atomic E-state index is 0.0145. The third kappa shape index (κ3) is 10.0. The molecule has 6 aromatic rings. The number of aliphatic hydroxyl groups is 1. The van der Waals surface area contributed by atoms with Crippen molar-refractivity contribution >= 4 is 18.0 Å². The molecule has 0 aromatic heterocycles. The lowest BCUT2D eigenvalue weighted by atomic mass is 9.98. The lowest BCUT2D eigenvalue weighted by Crippen LogP contribution is -2.44. The number of esters is 1. The number of rotatable bonds is 14. The molecule has 1 saturated heterocycles. The quantitative estimate of drug-likeness (QED) is 0.107. The van der Waals surface area contributed by atoms with Gasteiger partial charge in [0.2, 0.25) is 0 Å². The van der Waals surface area contributed by atoms with Gasteiger partial charge in [-0.05, 0) is 70.3 Å². The number of aliphatic hydroxyl groups excluding tert-OH is 1. The first-order chi connectivity index (χ1) is 27.9. The first-order valence-corrected chi connectivity index (χ1v) is 18.7. The van der Waals surface area contributed by atoms with Gasteiger partial charge in [0.15, 0.2) is 0 Å². The van der Waals surface area contributed by atoms with Crippen LogP contribution in [0.5, 0.6) is 11.5 Å². The maximum Gasteiger partial charge on any atom is 0.410 e. The number of nitrogens with one attached hydrogen (secondary N) is 1. The van der Waals surface area contributed by atoms with Gasteiger partial charge >= 0.3 is 12.1 Å². The van der Waals surface area contributed by atoms with Crippen LogP contribution in [-0.2, 0) is 35.9 Å². The van der Waals surface area contributed by atoms with E-state index in [0.29, 0.717) is 35.8 Å². The number of carbonyl (C=O) groups excluding carboxylic acids is 3. The van der Waals surface area contributed by atoms with E-state index in [0.717, 1.165) is 27.8 Å². The summed E-state index contributed by atoms with van der Waals surface area (Å²) in [5.74, 6) is 0.185. The maximum absolute atomic E-state index is 13.6. The molecule has 1 aliphatic rings. The molecule has 0 radical (unpaired) electrons. The van der Waals surface area contributed by atoms with E-state index in [1.807, 2.05) is 109 Å². The molecule has 57 heavy (non-hydrogen) atoms. The Kier molecular flexibility index (Phi) is 12.5. The average Bonchev–Trinajstić information content (AvgIpc) is 3.66. The third-order valence-electron chi connectivity index (χ3n) is 9.60. The Hall–Kier alpha value is -6.91. The number of hydrogen-bond donors (Lipinski definition) is 2. The van der Waals surface area contributed by atoms with Crippen LogP contribution < -0.4 is 14.8 Å². The zero-order chi connectivity index (χ0) is 39.4. The number of amides is 2. The van der Waals surface area contributed by atoms with Crippen molar-refractivity contribution in [3.05, 3.63) is 191 Å². The van der Waals surface area contributed by atoms with Gasteiger partial charge in [-0.1, -0.05) is 115 Å². The molecule has 0 aliphatic carbocycles. The molecule has 2 N–H and O–H groups in total. The summed E-state index contributed by atoms with van der Waals surface area (Å²) in [7, 11) is 0. The summed E-state index contributed by atoms with van der Waals surface area (Å²) in [6.45, 7) is 0.686. The van der Waals surface area contributed by atoms with E-state index < -0.39 is 30.1 Å². The van der Waals surface area contributed by atoms with Gasteiger partial charge in [-0.25, -0.2) is 9.59 Å². The fraction of sp³-hybridized carbons (Fsp3) is 0.170. The van der Waals surface area contributed by atoms with Crippen LogP contribution in [0.25, 0.3) is 11.1 Å². The first kappa shape index (κ1) is 38.4. The molecule has 0 unspecified atom stereocenters. The Morgan fingerprint density at radius 3 is 1.81 bits per heavy atom. The van der Waals surface area contributed by atoms with Crippen molar-refractivity contribution in [3.63, 3.8) is 0 Å². The Balaban J connectivity index is 1.04. The van der Waals surface area contributed by atoms with Crippen molar-refractivity contribution in [2.45, 2.75) is 38.6 Å². The summed E-state index contributed by atoms with van der Waals surface area (Å²) in [6.07, 6.45) is -1.46. The van der Waals surface area contributed by atoms with Gasteiger partial charge in [-0.2, -0.15) is 0 Å². The van der Waals surface area contributed by atoms with Gasteiger partial charge in [0.1, 0.15) is 37.4 Å². The molecule has 7 rings (SSSR count). The van der Waals surface area contributed by atoms with Crippen LogP contribution in [0.3, 0.4) is 0 Å². The summed E-state index contributed by atoms with van der Waals surface area (Å²) in [4.78, 5) is 41.8. The van der Waals surface area contributed by atoms with Crippen molar-refractivity contribution in [2.75, 3.05) is 13.1 Å². The molecule has 2 atom stereocenters. The monoisotopic (exact) mass is 762 g/mol. The maximum atomic E-state index is 13.6. The summed E-state index contributed by atoms with van der Waals surface area (Å²) < 4.78 is 23.6. The Bertz CT molecular complexity index is 2250. The third-order valence-corrected chi connectivity index (χ3v) is 9.60. The molecule has 1 aliphatic heterocycles. The Morgan fingerprint density at radius 2 is 1.19 bits per heavy atom. The lowest BCUT2D eigenvalue weighted by molar-refractivity contribution is 0.0260. The van der Waals surface area contributed by atoms with Crippen molar-refractivity contribution < 1.29 is 38.4 Å². The second-order valence-corrected chi connectivity index (χ2v) is 13.6. The van der Waals surface area contributed by atoms with Crippen molar-refractivity contribution in [1.82, 2.24) is 10.2 Å². The van der Waals surface area contributed by atoms with E-state index >= 15 is 0 Å². The van der Waals surface area contributed by atoms with E-state index in [1.165, 1.54) is 4.90 Å². The van der Waals surface area contributed by atoms with Crippen LogP contribution in [0.1, 0.15) is 43.0 Å². The molecule has 0 spiro atoms. The van der Waals surface area contributed by atoms with Gasteiger partial charge in [0.25, 0.3) is 5.91 Å². The average molecular weight is 763 g/mol. The molecule has 0 saturated carbocycles. The van der Waals surface area contributed by atoms with E-state index in [2.05, 4.69) is 5.32 Å². The predicted molar refractivity (Wildman–Crippen MR) is 214 cm³/mol. The molecular weight excluding hydrogens is 721 g/mol. The van der Waals surface area contributed by atoms with E-state index in [-0.39, 0.29) is 31.9 Å². The predicted octanol–water partition coefficient (Wildman–Crippen LogP) is 7.98. The van der Waals surface area contributed by atoms with Crippen LogP contribution in [0, 0.1) is 0 Å². The number of hydrogen-bond acceptors (Lipinski definition) is 8. The van der Waals surface area contributed by atoms with Crippen LogP contribution >= 0.6 is 0 Å². The number of likely N-dealkylation sites (tertiary alicyclic amines) is 1. The topological polar surface area (TPSA) is 124 Å². The zero-order valence-corrected chi connectivity index (χ0v) is 31.2. The second kappa shape index (κ2) is 18.6. The number of carbonyl (C=O) groups is 3. The van der Waals surface area contributed by atoms with Crippen LogP contribution in [0.15, 0.2) is 158 Å². The number of nitrogens with zero attached hydrogens (tertiary/aromatic N) is 1. The molecule has 0 bridgehead atoms. The molecule has 2 amide bonds. The zero-order valence-electron chi connectivity index (χ0n) is 31.2. The molecule has 1 fully saturated rings. The fourth-order valence-corrected chi connectivity index (χ4v) is 6.56. The minimum Gasteiger partial charge on any atom is -0.489 e. The van der Waals surface area contributed by atoms with E-state index in [9.17, 15) is 19.5 Å². The van der Waals surface area contributed by atoms with E-state index in [4.69, 9.17) is 18.9 Å². The normalized spacial score (nSPS) is 14.7. The number of benzene rings is 6.